The minimum absolute atomic E-state index is 0.0644. The Bertz CT molecular complexity index is 828. The highest BCUT2D eigenvalue weighted by Gasteiger charge is 2.09. The van der Waals surface area contributed by atoms with Crippen LogP contribution in [0.3, 0.4) is 0 Å². The number of carbonyl (C=O) groups is 1. The van der Waals surface area contributed by atoms with Gasteiger partial charge in [-0.05, 0) is 37.3 Å². The number of hydrogen-bond donors (Lipinski definition) is 2. The summed E-state index contributed by atoms with van der Waals surface area (Å²) in [6, 6.07) is 15.8. The van der Waals surface area contributed by atoms with Crippen LogP contribution in [0, 0.1) is 6.92 Å². The molecule has 0 aliphatic carbocycles. The highest BCUT2D eigenvalue weighted by atomic mass is 16.3. The molecule has 1 amide bonds. The first kappa shape index (κ1) is 13.1. The van der Waals surface area contributed by atoms with E-state index in [1.54, 1.807) is 12.1 Å². The number of hydrogen-bond acceptors (Lipinski definition) is 3. The Morgan fingerprint density at radius 1 is 1.10 bits per heavy atom. The first-order chi connectivity index (χ1) is 10.1. The molecule has 4 nitrogen and oxygen atoms in total. The number of aryl methyl sites for hydroxylation is 1. The summed E-state index contributed by atoms with van der Waals surface area (Å²) in [6.45, 7) is 1.91. The molecule has 0 aliphatic rings. The van der Waals surface area contributed by atoms with E-state index in [1.807, 2.05) is 37.3 Å². The second kappa shape index (κ2) is 5.25. The average Bonchev–Trinajstić information content (AvgIpc) is 2.48. The zero-order valence-corrected chi connectivity index (χ0v) is 11.5. The number of pyridine rings is 1. The van der Waals surface area contributed by atoms with Crippen molar-refractivity contribution >= 4 is 22.5 Å². The van der Waals surface area contributed by atoms with E-state index in [-0.39, 0.29) is 11.7 Å². The molecule has 0 saturated heterocycles. The summed E-state index contributed by atoms with van der Waals surface area (Å²) >= 11 is 0. The lowest BCUT2D eigenvalue weighted by molar-refractivity contribution is 0.102. The van der Waals surface area contributed by atoms with E-state index in [2.05, 4.69) is 10.3 Å². The van der Waals surface area contributed by atoms with Crippen LogP contribution < -0.4 is 5.32 Å². The van der Waals surface area contributed by atoms with Gasteiger partial charge in [0.25, 0.3) is 5.91 Å². The predicted octanol–water partition coefficient (Wildman–Crippen LogP) is 3.50. The fraction of sp³-hybridized carbons (Fsp3) is 0.0588. The SMILES string of the molecule is Cc1ccc2cccc(NC(=O)c3cccc(O)c3)c2n1. The third-order valence-corrected chi connectivity index (χ3v) is 3.22. The second-order valence-electron chi connectivity index (χ2n) is 4.83. The Balaban J connectivity index is 1.98. The number of para-hydroxylation sites is 1. The number of phenolic OH excluding ortho intramolecular Hbond substituents is 1. The second-order valence-corrected chi connectivity index (χ2v) is 4.83. The zero-order chi connectivity index (χ0) is 14.8. The monoisotopic (exact) mass is 278 g/mol. The van der Waals surface area contributed by atoms with E-state index >= 15 is 0 Å². The molecule has 2 aromatic carbocycles. The summed E-state index contributed by atoms with van der Waals surface area (Å²) in [5.41, 5.74) is 2.71. The van der Waals surface area contributed by atoms with Gasteiger partial charge in [0.2, 0.25) is 0 Å². The summed E-state index contributed by atoms with van der Waals surface area (Å²) in [7, 11) is 0. The molecule has 4 heteroatoms. The molecule has 2 N–H and O–H groups in total. The van der Waals surface area contributed by atoms with Crippen LogP contribution in [0.4, 0.5) is 5.69 Å². The number of amides is 1. The molecule has 3 aromatic rings. The number of anilines is 1. The van der Waals surface area contributed by atoms with E-state index in [1.165, 1.54) is 12.1 Å². The third kappa shape index (κ3) is 2.69. The Kier molecular flexibility index (Phi) is 3.28. The normalized spacial score (nSPS) is 10.5. The lowest BCUT2D eigenvalue weighted by Gasteiger charge is -2.09. The average molecular weight is 278 g/mol. The van der Waals surface area contributed by atoms with Crippen molar-refractivity contribution in [3.8, 4) is 5.75 Å². The molecule has 1 heterocycles. The number of rotatable bonds is 2. The molecular weight excluding hydrogens is 264 g/mol. The summed E-state index contributed by atoms with van der Waals surface area (Å²) in [6.07, 6.45) is 0. The van der Waals surface area contributed by atoms with Crippen molar-refractivity contribution in [3.05, 3.63) is 65.9 Å². The van der Waals surface area contributed by atoms with Gasteiger partial charge in [-0.25, -0.2) is 0 Å². The minimum Gasteiger partial charge on any atom is -0.508 e. The number of benzene rings is 2. The molecule has 0 radical (unpaired) electrons. The maximum atomic E-state index is 12.2. The van der Waals surface area contributed by atoms with Crippen molar-refractivity contribution in [2.45, 2.75) is 6.92 Å². The topological polar surface area (TPSA) is 62.2 Å². The van der Waals surface area contributed by atoms with Gasteiger partial charge < -0.3 is 10.4 Å². The Morgan fingerprint density at radius 2 is 1.90 bits per heavy atom. The van der Waals surface area contributed by atoms with Crippen molar-refractivity contribution in [1.82, 2.24) is 4.98 Å². The lowest BCUT2D eigenvalue weighted by atomic mass is 10.1. The quantitative estimate of drug-likeness (QED) is 0.754. The molecule has 3 rings (SSSR count). The van der Waals surface area contributed by atoms with E-state index in [0.29, 0.717) is 11.3 Å². The van der Waals surface area contributed by atoms with E-state index in [4.69, 9.17) is 0 Å². The minimum atomic E-state index is -0.276. The Labute approximate surface area is 122 Å². The van der Waals surface area contributed by atoms with Crippen molar-refractivity contribution in [2.24, 2.45) is 0 Å². The Hall–Kier alpha value is -2.88. The van der Waals surface area contributed by atoms with Crippen molar-refractivity contribution < 1.29 is 9.90 Å². The molecule has 0 aliphatic heterocycles. The molecule has 21 heavy (non-hydrogen) atoms. The van der Waals surface area contributed by atoms with Gasteiger partial charge >= 0.3 is 0 Å². The van der Waals surface area contributed by atoms with Gasteiger partial charge in [-0.1, -0.05) is 24.3 Å². The number of nitrogens with zero attached hydrogens (tertiary/aromatic N) is 1. The standard InChI is InChI=1S/C17H14N2O2/c1-11-8-9-12-4-3-7-15(16(12)18-11)19-17(21)13-5-2-6-14(20)10-13/h2-10,20H,1H3,(H,19,21). The molecule has 0 atom stereocenters. The highest BCUT2D eigenvalue weighted by Crippen LogP contribution is 2.22. The summed E-state index contributed by atoms with van der Waals surface area (Å²) in [5.74, 6) is -0.212. The largest absolute Gasteiger partial charge is 0.508 e. The van der Waals surface area contributed by atoms with Gasteiger partial charge in [0.1, 0.15) is 5.75 Å². The van der Waals surface area contributed by atoms with Gasteiger partial charge in [-0.3, -0.25) is 9.78 Å². The molecule has 0 saturated carbocycles. The van der Waals surface area contributed by atoms with E-state index in [0.717, 1.165) is 16.6 Å². The molecule has 0 spiro atoms. The number of nitrogens with one attached hydrogen (secondary N) is 1. The predicted molar refractivity (Wildman–Crippen MR) is 82.5 cm³/mol. The molecule has 104 valence electrons. The van der Waals surface area contributed by atoms with Crippen LogP contribution in [0.25, 0.3) is 10.9 Å². The van der Waals surface area contributed by atoms with Crippen LogP contribution in [-0.2, 0) is 0 Å². The number of aromatic nitrogens is 1. The third-order valence-electron chi connectivity index (χ3n) is 3.22. The molecular formula is C17H14N2O2. The maximum Gasteiger partial charge on any atom is 0.255 e. The van der Waals surface area contributed by atoms with Crippen LogP contribution in [-0.4, -0.2) is 16.0 Å². The fourth-order valence-electron chi connectivity index (χ4n) is 2.19. The van der Waals surface area contributed by atoms with Crippen molar-refractivity contribution in [3.63, 3.8) is 0 Å². The first-order valence-electron chi connectivity index (χ1n) is 6.60. The molecule has 1 aromatic heterocycles. The number of carbonyl (C=O) groups excluding carboxylic acids is 1. The van der Waals surface area contributed by atoms with Crippen molar-refractivity contribution in [1.29, 1.82) is 0 Å². The van der Waals surface area contributed by atoms with Gasteiger partial charge in [-0.15, -0.1) is 0 Å². The number of aromatic hydroxyl groups is 1. The van der Waals surface area contributed by atoms with E-state index < -0.39 is 0 Å². The van der Waals surface area contributed by atoms with Gasteiger partial charge in [0.05, 0.1) is 11.2 Å². The van der Waals surface area contributed by atoms with Crippen LogP contribution in [0.15, 0.2) is 54.6 Å². The summed E-state index contributed by atoms with van der Waals surface area (Å²) in [5, 5.41) is 13.3. The first-order valence-corrected chi connectivity index (χ1v) is 6.60. The smallest absolute Gasteiger partial charge is 0.255 e. The maximum absolute atomic E-state index is 12.2. The van der Waals surface area contributed by atoms with E-state index in [9.17, 15) is 9.90 Å². The molecule has 0 unspecified atom stereocenters. The Morgan fingerprint density at radius 3 is 2.71 bits per heavy atom. The van der Waals surface area contributed by atoms with Gasteiger partial charge in [-0.2, -0.15) is 0 Å². The van der Waals surface area contributed by atoms with Crippen LogP contribution in [0.5, 0.6) is 5.75 Å². The van der Waals surface area contributed by atoms with Gasteiger partial charge in [0, 0.05) is 16.6 Å². The number of fused-ring (bicyclic) bond motifs is 1. The van der Waals surface area contributed by atoms with Crippen LogP contribution in [0.2, 0.25) is 0 Å². The number of phenols is 1. The van der Waals surface area contributed by atoms with Gasteiger partial charge in [0.15, 0.2) is 0 Å². The summed E-state index contributed by atoms with van der Waals surface area (Å²) in [4.78, 5) is 16.7. The lowest BCUT2D eigenvalue weighted by Crippen LogP contribution is -2.12. The molecule has 0 fully saturated rings. The van der Waals surface area contributed by atoms with Crippen LogP contribution in [0.1, 0.15) is 16.1 Å². The zero-order valence-electron chi connectivity index (χ0n) is 11.5. The fourth-order valence-corrected chi connectivity index (χ4v) is 2.19. The van der Waals surface area contributed by atoms with Crippen LogP contribution >= 0.6 is 0 Å². The molecule has 0 bridgehead atoms. The van der Waals surface area contributed by atoms with Crippen molar-refractivity contribution in [2.75, 3.05) is 5.32 Å². The highest BCUT2D eigenvalue weighted by molar-refractivity contribution is 6.08. The summed E-state index contributed by atoms with van der Waals surface area (Å²) < 4.78 is 0.